The molecule has 6 rings (SSSR count). The second-order valence-corrected chi connectivity index (χ2v) is 10.0. The number of esters is 2. The van der Waals surface area contributed by atoms with Crippen LogP contribution in [-0.4, -0.2) is 41.3 Å². The zero-order valence-electron chi connectivity index (χ0n) is 17.6. The quantitative estimate of drug-likeness (QED) is 0.586. The summed E-state index contributed by atoms with van der Waals surface area (Å²) in [6.07, 6.45) is 9.53. The highest BCUT2D eigenvalue weighted by Crippen LogP contribution is 2.60. The number of hydrogen-bond donors (Lipinski definition) is 3. The Morgan fingerprint density at radius 1 is 1.13 bits per heavy atom. The van der Waals surface area contributed by atoms with Gasteiger partial charge in [0.05, 0.1) is 6.61 Å². The number of carbonyl (C=O) groups is 2. The molecule has 4 aliphatic rings. The summed E-state index contributed by atoms with van der Waals surface area (Å²) < 4.78 is 10.7. The highest BCUT2D eigenvalue weighted by Gasteiger charge is 2.51. The number of H-pyrrole nitrogens is 1. The molecule has 4 fully saturated rings. The Morgan fingerprint density at radius 3 is 2.48 bits per heavy atom. The molecule has 0 saturated heterocycles. The van der Waals surface area contributed by atoms with Gasteiger partial charge < -0.3 is 25.3 Å². The van der Waals surface area contributed by atoms with Crippen molar-refractivity contribution in [2.24, 2.45) is 28.9 Å². The van der Waals surface area contributed by atoms with Crippen molar-refractivity contribution >= 4 is 22.8 Å². The van der Waals surface area contributed by atoms with Crippen LogP contribution in [0.5, 0.6) is 5.75 Å². The van der Waals surface area contributed by atoms with Crippen molar-refractivity contribution in [1.82, 2.24) is 4.98 Å². The third-order valence-electron chi connectivity index (χ3n) is 7.53. The first-order valence-electron chi connectivity index (χ1n) is 11.3. The van der Waals surface area contributed by atoms with Gasteiger partial charge in [-0.15, -0.1) is 0 Å². The molecule has 7 nitrogen and oxygen atoms in total. The molecule has 31 heavy (non-hydrogen) atoms. The Hall–Kier alpha value is -2.54. The van der Waals surface area contributed by atoms with Crippen LogP contribution in [0.2, 0.25) is 0 Å². The summed E-state index contributed by atoms with van der Waals surface area (Å²) in [6.45, 7) is 0.0331. The van der Waals surface area contributed by atoms with E-state index in [1.807, 2.05) is 0 Å². The van der Waals surface area contributed by atoms with Gasteiger partial charge in [-0.05, 0) is 80.0 Å². The molecule has 1 heterocycles. The monoisotopic (exact) mass is 426 g/mol. The van der Waals surface area contributed by atoms with E-state index >= 15 is 0 Å². The molecule has 1 unspecified atom stereocenters. The maximum Gasteiger partial charge on any atom is 0.344 e. The van der Waals surface area contributed by atoms with Crippen LogP contribution >= 0.6 is 0 Å². The van der Waals surface area contributed by atoms with Crippen LogP contribution in [0.25, 0.3) is 10.9 Å². The van der Waals surface area contributed by atoms with Crippen LogP contribution in [-0.2, 0) is 25.5 Å². The number of rotatable bonds is 7. The average molecular weight is 427 g/mol. The Kier molecular flexibility index (Phi) is 5.16. The van der Waals surface area contributed by atoms with Gasteiger partial charge in [-0.1, -0.05) is 0 Å². The van der Waals surface area contributed by atoms with E-state index < -0.39 is 24.6 Å². The zero-order chi connectivity index (χ0) is 21.6. The Bertz CT molecular complexity index is 962. The molecule has 1 aromatic heterocycles. The standard InChI is InChI=1S/C24H30N2O5/c25-20(6-17-11-26-21-2-1-18(27)7-19(17)21)23(29)30-12-22(28)31-13-24-8-14-3-15(9-24)5-16(4-14)10-24/h1-2,7,11,14-16,20,26-27H,3-6,8-10,12-13,25H2. The van der Waals surface area contributed by atoms with E-state index in [1.165, 1.54) is 19.3 Å². The lowest BCUT2D eigenvalue weighted by Gasteiger charge is -2.56. The van der Waals surface area contributed by atoms with Gasteiger partial charge >= 0.3 is 11.9 Å². The number of phenolic OH excluding ortho intramolecular Hbond substituents is 1. The summed E-state index contributed by atoms with van der Waals surface area (Å²) >= 11 is 0. The van der Waals surface area contributed by atoms with Gasteiger partial charge in [0.25, 0.3) is 0 Å². The largest absolute Gasteiger partial charge is 0.508 e. The number of hydrogen-bond acceptors (Lipinski definition) is 6. The van der Waals surface area contributed by atoms with Crippen LogP contribution in [0.3, 0.4) is 0 Å². The van der Waals surface area contributed by atoms with Crippen LogP contribution < -0.4 is 5.73 Å². The number of benzene rings is 1. The van der Waals surface area contributed by atoms with Crippen molar-refractivity contribution in [3.8, 4) is 5.75 Å². The summed E-state index contributed by atoms with van der Waals surface area (Å²) in [5.41, 5.74) is 7.80. The molecule has 1 atom stereocenters. The lowest BCUT2D eigenvalue weighted by molar-refractivity contribution is -0.166. The second kappa shape index (κ2) is 7.86. The topological polar surface area (TPSA) is 115 Å². The van der Waals surface area contributed by atoms with Crippen molar-refractivity contribution in [3.05, 3.63) is 30.0 Å². The third kappa shape index (κ3) is 4.15. The van der Waals surface area contributed by atoms with E-state index in [4.69, 9.17) is 15.2 Å². The first-order chi connectivity index (χ1) is 14.9. The van der Waals surface area contributed by atoms with Gasteiger partial charge in [0, 0.05) is 28.9 Å². The van der Waals surface area contributed by atoms with Crippen LogP contribution in [0.4, 0.5) is 0 Å². The van der Waals surface area contributed by atoms with E-state index in [9.17, 15) is 14.7 Å². The smallest absolute Gasteiger partial charge is 0.344 e. The van der Waals surface area contributed by atoms with Crippen LogP contribution in [0, 0.1) is 23.2 Å². The summed E-state index contributed by atoms with van der Waals surface area (Å²) in [7, 11) is 0. The molecule has 166 valence electrons. The molecule has 2 aromatic rings. The van der Waals surface area contributed by atoms with Crippen molar-refractivity contribution in [2.75, 3.05) is 13.2 Å². The molecular weight excluding hydrogens is 396 g/mol. The molecule has 4 bridgehead atoms. The highest BCUT2D eigenvalue weighted by atomic mass is 16.6. The molecule has 7 heteroatoms. The predicted molar refractivity (Wildman–Crippen MR) is 114 cm³/mol. The lowest BCUT2D eigenvalue weighted by Crippen LogP contribution is -2.48. The van der Waals surface area contributed by atoms with Crippen molar-refractivity contribution in [1.29, 1.82) is 0 Å². The maximum atomic E-state index is 12.3. The number of nitrogens with one attached hydrogen (secondary N) is 1. The van der Waals surface area contributed by atoms with Crippen LogP contribution in [0.15, 0.2) is 24.4 Å². The molecule has 1 aromatic carbocycles. The Balaban J connectivity index is 1.10. The minimum Gasteiger partial charge on any atom is -0.508 e. The van der Waals surface area contributed by atoms with E-state index in [-0.39, 0.29) is 17.6 Å². The van der Waals surface area contributed by atoms with Gasteiger partial charge in [0.1, 0.15) is 11.8 Å². The summed E-state index contributed by atoms with van der Waals surface area (Å²) in [5, 5.41) is 10.5. The van der Waals surface area contributed by atoms with E-state index in [2.05, 4.69) is 4.98 Å². The number of aromatic amines is 1. The number of carbonyl (C=O) groups excluding carboxylic acids is 2. The highest BCUT2D eigenvalue weighted by molar-refractivity contribution is 5.86. The van der Waals surface area contributed by atoms with Gasteiger partial charge in [0.2, 0.25) is 0 Å². The third-order valence-corrected chi connectivity index (χ3v) is 7.53. The molecular formula is C24H30N2O5. The van der Waals surface area contributed by atoms with Gasteiger partial charge in [-0.2, -0.15) is 0 Å². The number of aromatic nitrogens is 1. The summed E-state index contributed by atoms with van der Waals surface area (Å²) in [6, 6.07) is 4.07. The lowest BCUT2D eigenvalue weighted by atomic mass is 9.50. The first kappa shape index (κ1) is 20.4. The summed E-state index contributed by atoms with van der Waals surface area (Å²) in [5.74, 6) is 1.40. The molecule has 4 aliphatic carbocycles. The van der Waals surface area contributed by atoms with Crippen LogP contribution in [0.1, 0.15) is 44.1 Å². The Morgan fingerprint density at radius 2 is 1.81 bits per heavy atom. The van der Waals surface area contributed by atoms with E-state index in [0.717, 1.165) is 53.5 Å². The van der Waals surface area contributed by atoms with Gasteiger partial charge in [-0.3, -0.25) is 4.79 Å². The van der Waals surface area contributed by atoms with E-state index in [0.29, 0.717) is 6.61 Å². The molecule has 0 amide bonds. The SMILES string of the molecule is NC(Cc1c[nH]c2ccc(O)cc12)C(=O)OCC(=O)OCC12CC3CC(CC(C3)C1)C2. The minimum absolute atomic E-state index is 0.145. The van der Waals surface area contributed by atoms with Crippen molar-refractivity contribution in [2.45, 2.75) is 51.0 Å². The fourth-order valence-electron chi connectivity index (χ4n) is 6.63. The number of phenols is 1. The van der Waals surface area contributed by atoms with Crippen molar-refractivity contribution < 1.29 is 24.2 Å². The van der Waals surface area contributed by atoms with Gasteiger partial charge in [-0.25, -0.2) is 4.79 Å². The second-order valence-electron chi connectivity index (χ2n) is 10.0. The molecule has 0 radical (unpaired) electrons. The normalized spacial score (nSPS) is 29.8. The number of nitrogens with two attached hydrogens (primary N) is 1. The maximum absolute atomic E-state index is 12.3. The van der Waals surface area contributed by atoms with Gasteiger partial charge in [0.15, 0.2) is 6.61 Å². The minimum atomic E-state index is -0.905. The Labute approximate surface area is 181 Å². The number of aromatic hydroxyl groups is 1. The first-order valence-corrected chi connectivity index (χ1v) is 11.3. The predicted octanol–water partition coefficient (Wildman–Crippen LogP) is 3.05. The molecule has 4 N–H and O–H groups in total. The fraction of sp³-hybridized carbons (Fsp3) is 0.583. The molecule has 0 spiro atoms. The molecule has 4 saturated carbocycles. The fourth-order valence-corrected chi connectivity index (χ4v) is 6.63. The summed E-state index contributed by atoms with van der Waals surface area (Å²) in [4.78, 5) is 27.6. The van der Waals surface area contributed by atoms with Crippen molar-refractivity contribution in [3.63, 3.8) is 0 Å². The number of ether oxygens (including phenoxy) is 2. The zero-order valence-corrected chi connectivity index (χ0v) is 17.6. The van der Waals surface area contributed by atoms with E-state index in [1.54, 1.807) is 24.4 Å². The molecule has 0 aliphatic heterocycles. The average Bonchev–Trinajstić information content (AvgIpc) is 3.11. The number of fused-ring (bicyclic) bond motifs is 1.